The molecule has 4 aromatic rings. The second-order valence-electron chi connectivity index (χ2n) is 16.1. The van der Waals surface area contributed by atoms with Crippen molar-refractivity contribution in [2.45, 2.75) is 62.9 Å². The molecule has 0 spiro atoms. The van der Waals surface area contributed by atoms with Crippen LogP contribution in [0.5, 0.6) is 11.5 Å². The van der Waals surface area contributed by atoms with E-state index in [0.29, 0.717) is 49.5 Å². The predicted octanol–water partition coefficient (Wildman–Crippen LogP) is 7.23. The highest BCUT2D eigenvalue weighted by molar-refractivity contribution is 6.01. The van der Waals surface area contributed by atoms with Crippen molar-refractivity contribution in [3.8, 4) is 11.5 Å². The molecule has 3 fully saturated rings. The van der Waals surface area contributed by atoms with E-state index >= 15 is 0 Å². The molecule has 8 heteroatoms. The largest absolute Gasteiger partial charge is 0.508 e. The summed E-state index contributed by atoms with van der Waals surface area (Å²) in [6, 6.07) is 31.3. The van der Waals surface area contributed by atoms with Crippen molar-refractivity contribution in [3.63, 3.8) is 0 Å². The lowest BCUT2D eigenvalue weighted by Gasteiger charge is -2.34. The van der Waals surface area contributed by atoms with Gasteiger partial charge < -0.3 is 29.9 Å². The molecule has 3 saturated heterocycles. The molecule has 9 rings (SSSR count). The number of anilines is 1. The van der Waals surface area contributed by atoms with E-state index in [2.05, 4.69) is 94.5 Å². The maximum atomic E-state index is 13.2. The second-order valence-corrected chi connectivity index (χ2v) is 16.1. The molecule has 4 heterocycles. The fraction of sp³-hybridized carbons (Fsp3) is 0.391. The van der Waals surface area contributed by atoms with Crippen molar-refractivity contribution in [1.82, 2.24) is 15.1 Å². The number of aryl methyl sites for hydroxylation is 1. The van der Waals surface area contributed by atoms with Crippen LogP contribution in [0.25, 0.3) is 0 Å². The molecule has 0 radical (unpaired) electrons. The molecule has 5 aliphatic rings. The third kappa shape index (κ3) is 6.77. The maximum absolute atomic E-state index is 13.2. The van der Waals surface area contributed by atoms with Gasteiger partial charge in [-0.05, 0) is 133 Å². The maximum Gasteiger partial charge on any atom is 0.255 e. The third-order valence-corrected chi connectivity index (χ3v) is 12.7. The SMILES string of the molecule is C=C1CCC(N2Cc3cc(N4C[C@H]5CN(CCCCOc6ccc([C@@H]7c8ccc(O)cc8CC[C@@H]7c7ccccc7)cc6)C[C@H]5C4)ccc3C2=O)C(=O)N1. The van der Waals surface area contributed by atoms with Crippen LogP contribution in [0, 0.1) is 11.8 Å². The van der Waals surface area contributed by atoms with Gasteiger partial charge in [0, 0.05) is 55.6 Å². The number of fused-ring (bicyclic) bond motifs is 3. The summed E-state index contributed by atoms with van der Waals surface area (Å²) in [4.78, 5) is 32.7. The van der Waals surface area contributed by atoms with Crippen LogP contribution in [0.3, 0.4) is 0 Å². The standard InChI is InChI=1S/C46H50N4O4/c1-30-9-20-43(45(52)47-30)50-29-34-23-37(13-18-42(34)46(50)53)49-27-35-25-48(26-36(35)28-49)21-5-6-22-54-39-15-10-32(11-16-39)44-40(31-7-3-2-4-8-31)17-12-33-24-38(51)14-19-41(33)44/h2-4,7-8,10-11,13-16,18-19,23-24,35-36,40,43-44,51H,1,5-6,9,12,17,20-22,25-29H2,(H,47,52)/t35-,36+,40-,43?,44+/m1/s1. The zero-order chi connectivity index (χ0) is 36.8. The fourth-order valence-corrected chi connectivity index (χ4v) is 10.00. The Morgan fingerprint density at radius 3 is 2.37 bits per heavy atom. The highest BCUT2D eigenvalue weighted by atomic mass is 16.5. The van der Waals surface area contributed by atoms with Crippen molar-refractivity contribution < 1.29 is 19.4 Å². The molecule has 278 valence electrons. The van der Waals surface area contributed by atoms with Gasteiger partial charge in [-0.1, -0.05) is 55.1 Å². The first-order valence-electron chi connectivity index (χ1n) is 19.9. The Hall–Kier alpha value is -5.08. The van der Waals surface area contributed by atoms with Gasteiger partial charge in [-0.2, -0.15) is 0 Å². The number of carbonyl (C=O) groups is 2. The van der Waals surface area contributed by atoms with Crippen molar-refractivity contribution in [2.75, 3.05) is 44.2 Å². The number of hydrogen-bond acceptors (Lipinski definition) is 6. The lowest BCUT2D eigenvalue weighted by molar-refractivity contribution is -0.126. The first-order valence-corrected chi connectivity index (χ1v) is 19.9. The van der Waals surface area contributed by atoms with Gasteiger partial charge in [0.05, 0.1) is 6.61 Å². The molecule has 4 aliphatic heterocycles. The van der Waals surface area contributed by atoms with E-state index in [0.717, 1.165) is 81.0 Å². The van der Waals surface area contributed by atoms with Crippen LogP contribution in [-0.4, -0.2) is 72.1 Å². The minimum Gasteiger partial charge on any atom is -0.508 e. The van der Waals surface area contributed by atoms with Gasteiger partial charge in [0.1, 0.15) is 17.5 Å². The number of hydrogen-bond donors (Lipinski definition) is 2. The van der Waals surface area contributed by atoms with Gasteiger partial charge >= 0.3 is 0 Å². The monoisotopic (exact) mass is 722 g/mol. The number of benzene rings is 4. The van der Waals surface area contributed by atoms with Gasteiger partial charge in [0.25, 0.3) is 5.91 Å². The fourth-order valence-electron chi connectivity index (χ4n) is 10.00. The van der Waals surface area contributed by atoms with E-state index in [1.807, 2.05) is 18.2 Å². The van der Waals surface area contributed by atoms with Crippen LogP contribution < -0.4 is 15.0 Å². The van der Waals surface area contributed by atoms with Crippen LogP contribution in [0.2, 0.25) is 0 Å². The van der Waals surface area contributed by atoms with Crippen molar-refractivity contribution in [1.29, 1.82) is 0 Å². The van der Waals surface area contributed by atoms with Crippen LogP contribution in [0.1, 0.15) is 82.1 Å². The zero-order valence-corrected chi connectivity index (χ0v) is 31.0. The van der Waals surface area contributed by atoms with Gasteiger partial charge in [-0.25, -0.2) is 0 Å². The van der Waals surface area contributed by atoms with E-state index in [-0.39, 0.29) is 17.7 Å². The average molecular weight is 723 g/mol. The number of amides is 2. The van der Waals surface area contributed by atoms with Gasteiger partial charge in [0.2, 0.25) is 5.91 Å². The Bertz CT molecular complexity index is 2030. The number of unbranched alkanes of at least 4 members (excludes halogenated alkanes) is 1. The van der Waals surface area contributed by atoms with Crippen LogP contribution in [0.15, 0.2) is 103 Å². The first-order chi connectivity index (χ1) is 26.4. The first kappa shape index (κ1) is 34.7. The third-order valence-electron chi connectivity index (χ3n) is 12.7. The number of phenols is 1. The van der Waals surface area contributed by atoms with Gasteiger partial charge in [-0.3, -0.25) is 9.59 Å². The minimum absolute atomic E-state index is 0.0389. The molecule has 8 nitrogen and oxygen atoms in total. The Balaban J connectivity index is 0.738. The number of aromatic hydroxyl groups is 1. The average Bonchev–Trinajstić information content (AvgIpc) is 3.86. The molecule has 54 heavy (non-hydrogen) atoms. The second kappa shape index (κ2) is 14.6. The minimum atomic E-state index is -0.425. The molecular weight excluding hydrogens is 673 g/mol. The normalized spacial score (nSPS) is 25.0. The molecule has 1 unspecified atom stereocenters. The lowest BCUT2D eigenvalue weighted by atomic mass is 9.69. The number of nitrogens with one attached hydrogen (secondary N) is 1. The summed E-state index contributed by atoms with van der Waals surface area (Å²) < 4.78 is 6.23. The Morgan fingerprint density at radius 2 is 1.59 bits per heavy atom. The molecule has 1 aliphatic carbocycles. The number of piperidine rings is 1. The van der Waals surface area contributed by atoms with E-state index in [9.17, 15) is 14.7 Å². The van der Waals surface area contributed by atoms with Gasteiger partial charge in [-0.15, -0.1) is 0 Å². The molecule has 0 saturated carbocycles. The highest BCUT2D eigenvalue weighted by Gasteiger charge is 2.41. The smallest absolute Gasteiger partial charge is 0.255 e. The van der Waals surface area contributed by atoms with E-state index in [4.69, 9.17) is 4.74 Å². The number of phenolic OH excluding ortho intramolecular Hbond substituents is 1. The lowest BCUT2D eigenvalue weighted by Crippen LogP contribution is -2.49. The van der Waals surface area contributed by atoms with Crippen LogP contribution in [-0.2, 0) is 17.8 Å². The molecular formula is C46H50N4O4. The van der Waals surface area contributed by atoms with E-state index in [1.54, 1.807) is 4.90 Å². The summed E-state index contributed by atoms with van der Waals surface area (Å²) in [6.45, 7) is 10.5. The quantitative estimate of drug-likeness (QED) is 0.168. The number of carbonyl (C=O) groups excluding carboxylic acids is 2. The molecule has 5 atom stereocenters. The topological polar surface area (TPSA) is 85.4 Å². The summed E-state index contributed by atoms with van der Waals surface area (Å²) in [5.74, 6) is 3.05. The Labute approximate surface area is 318 Å². The molecule has 0 bridgehead atoms. The summed E-state index contributed by atoms with van der Waals surface area (Å²) in [5.41, 5.74) is 8.89. The number of nitrogens with zero attached hydrogens (tertiary/aromatic N) is 3. The molecule has 0 aromatic heterocycles. The van der Waals surface area contributed by atoms with Crippen LogP contribution in [0.4, 0.5) is 5.69 Å². The number of rotatable bonds is 10. The summed E-state index contributed by atoms with van der Waals surface area (Å²) in [6.07, 6.45) is 5.51. The molecule has 2 N–H and O–H groups in total. The summed E-state index contributed by atoms with van der Waals surface area (Å²) in [5, 5.41) is 13.0. The summed E-state index contributed by atoms with van der Waals surface area (Å²) in [7, 11) is 0. The van der Waals surface area contributed by atoms with Crippen molar-refractivity contribution >= 4 is 17.5 Å². The highest BCUT2D eigenvalue weighted by Crippen LogP contribution is 2.47. The van der Waals surface area contributed by atoms with Crippen LogP contribution >= 0.6 is 0 Å². The zero-order valence-electron chi connectivity index (χ0n) is 31.0. The van der Waals surface area contributed by atoms with E-state index < -0.39 is 6.04 Å². The van der Waals surface area contributed by atoms with Gasteiger partial charge in [0.15, 0.2) is 0 Å². The molecule has 2 amide bonds. The summed E-state index contributed by atoms with van der Waals surface area (Å²) >= 11 is 0. The van der Waals surface area contributed by atoms with Crippen molar-refractivity contribution in [2.24, 2.45) is 11.8 Å². The predicted molar refractivity (Wildman–Crippen MR) is 211 cm³/mol. The number of likely N-dealkylation sites (tertiary alicyclic amines) is 1. The molecule has 4 aromatic carbocycles. The Kier molecular flexibility index (Phi) is 9.39. The van der Waals surface area contributed by atoms with E-state index in [1.165, 1.54) is 27.9 Å². The number of ether oxygens (including phenoxy) is 1. The Morgan fingerprint density at radius 1 is 0.796 bits per heavy atom. The number of allylic oxidation sites excluding steroid dienone is 1. The van der Waals surface area contributed by atoms with Crippen molar-refractivity contribution in [3.05, 3.63) is 137 Å².